The molecule has 9 nitrogen and oxygen atoms in total. The maximum atomic E-state index is 12.0. The minimum Gasteiger partial charge on any atom is -0.457 e. The number of aliphatic hydroxyl groups excluding tert-OH is 1. The monoisotopic (exact) mass is 475 g/mol. The van der Waals surface area contributed by atoms with Crippen LogP contribution in [0, 0.1) is 0 Å². The number of para-hydroxylation sites is 1. The number of carbonyl (C=O) groups excluding carboxylic acids is 2. The van der Waals surface area contributed by atoms with Gasteiger partial charge in [0.25, 0.3) is 5.91 Å². The Bertz CT molecular complexity index is 1230. The number of ether oxygens (including phenoxy) is 2. The zero-order valence-electron chi connectivity index (χ0n) is 18.8. The average Bonchev–Trinajstić information content (AvgIpc) is 2.87. The molecular weight excluding hydrogens is 450 g/mol. The van der Waals surface area contributed by atoms with Gasteiger partial charge in [0.2, 0.25) is 11.8 Å². The van der Waals surface area contributed by atoms with Crippen molar-refractivity contribution in [2.45, 2.75) is 18.1 Å². The molecule has 1 saturated heterocycles. The smallest absolute Gasteiger partial charge is 0.254 e. The summed E-state index contributed by atoms with van der Waals surface area (Å²) in [6.07, 6.45) is -0.130. The first-order valence-electron chi connectivity index (χ1n) is 10.9. The molecule has 2 aromatic carbocycles. The van der Waals surface area contributed by atoms with E-state index < -0.39 is 17.6 Å². The number of rotatable bonds is 7. The minimum absolute atomic E-state index is 0.00993. The van der Waals surface area contributed by atoms with Crippen molar-refractivity contribution >= 4 is 11.8 Å². The van der Waals surface area contributed by atoms with Crippen molar-refractivity contribution in [1.29, 1.82) is 0 Å². The third-order valence-corrected chi connectivity index (χ3v) is 5.78. The molecule has 2 heterocycles. The van der Waals surface area contributed by atoms with Crippen LogP contribution in [0.3, 0.4) is 0 Å². The van der Waals surface area contributed by atoms with Crippen LogP contribution in [-0.4, -0.2) is 51.1 Å². The number of nitrogens with zero attached hydrogens (tertiary/aromatic N) is 2. The maximum absolute atomic E-state index is 12.0. The van der Waals surface area contributed by atoms with Crippen LogP contribution in [-0.2, 0) is 10.4 Å². The summed E-state index contributed by atoms with van der Waals surface area (Å²) < 4.78 is 11.6. The number of amides is 2. The highest BCUT2D eigenvalue weighted by Crippen LogP contribution is 2.35. The SMILES string of the molecule is C=CC(=O)N1CCC(O)(c2ccc(C(N)=O)c(Oc3ccc(Oc4ccccc4)cc3)n2)C(O)C1. The molecule has 180 valence electrons. The molecule has 0 spiro atoms. The standard InChI is InChI=1S/C26H25N3O6/c1-2-23(31)29-15-14-26(33,22(30)16-29)21-13-12-20(24(27)32)25(28-21)35-19-10-8-18(9-11-19)34-17-6-4-3-5-7-17/h2-13,22,30,33H,1,14-16H2,(H2,27,32). The fraction of sp³-hybridized carbons (Fsp3) is 0.192. The molecule has 1 aliphatic rings. The molecule has 4 rings (SSSR count). The topological polar surface area (TPSA) is 135 Å². The van der Waals surface area contributed by atoms with Crippen molar-refractivity contribution in [3.63, 3.8) is 0 Å². The van der Waals surface area contributed by atoms with Crippen LogP contribution in [0.5, 0.6) is 23.1 Å². The fourth-order valence-electron chi connectivity index (χ4n) is 3.81. The summed E-state index contributed by atoms with van der Waals surface area (Å²) in [4.78, 5) is 29.6. The number of primary amides is 1. The van der Waals surface area contributed by atoms with Crippen molar-refractivity contribution < 1.29 is 29.3 Å². The predicted molar refractivity (Wildman–Crippen MR) is 127 cm³/mol. The van der Waals surface area contributed by atoms with Gasteiger partial charge in [-0.2, -0.15) is 0 Å². The highest BCUT2D eigenvalue weighted by Gasteiger charge is 2.44. The number of hydrogen-bond donors (Lipinski definition) is 3. The Morgan fingerprint density at radius 1 is 1.03 bits per heavy atom. The van der Waals surface area contributed by atoms with E-state index in [1.807, 2.05) is 30.3 Å². The minimum atomic E-state index is -1.75. The number of nitrogens with two attached hydrogens (primary N) is 1. The first-order chi connectivity index (χ1) is 16.8. The predicted octanol–water partition coefficient (Wildman–Crippen LogP) is 2.73. The number of hydrogen-bond acceptors (Lipinski definition) is 7. The summed E-state index contributed by atoms with van der Waals surface area (Å²) in [5.74, 6) is 0.403. The van der Waals surface area contributed by atoms with Crippen molar-refractivity contribution in [2.24, 2.45) is 5.73 Å². The molecule has 1 aliphatic heterocycles. The largest absolute Gasteiger partial charge is 0.457 e. The van der Waals surface area contributed by atoms with Crippen LogP contribution in [0.25, 0.3) is 0 Å². The average molecular weight is 476 g/mol. The van der Waals surface area contributed by atoms with E-state index in [0.717, 1.165) is 6.08 Å². The van der Waals surface area contributed by atoms with E-state index in [1.54, 1.807) is 24.3 Å². The van der Waals surface area contributed by atoms with Gasteiger partial charge in [-0.15, -0.1) is 0 Å². The Morgan fingerprint density at radius 3 is 2.26 bits per heavy atom. The quantitative estimate of drug-likeness (QED) is 0.447. The van der Waals surface area contributed by atoms with Gasteiger partial charge in [-0.1, -0.05) is 24.8 Å². The van der Waals surface area contributed by atoms with Crippen LogP contribution in [0.1, 0.15) is 22.5 Å². The molecule has 4 N–H and O–H groups in total. The summed E-state index contributed by atoms with van der Waals surface area (Å²) in [6, 6.07) is 18.7. The van der Waals surface area contributed by atoms with Gasteiger partial charge < -0.3 is 30.3 Å². The molecule has 35 heavy (non-hydrogen) atoms. The molecule has 2 atom stereocenters. The Labute approximate surface area is 202 Å². The van der Waals surface area contributed by atoms with Crippen LogP contribution >= 0.6 is 0 Å². The molecule has 2 unspecified atom stereocenters. The van der Waals surface area contributed by atoms with Crippen molar-refractivity contribution in [2.75, 3.05) is 13.1 Å². The van der Waals surface area contributed by atoms with Gasteiger partial charge in [0.15, 0.2) is 0 Å². The van der Waals surface area contributed by atoms with Gasteiger partial charge in [0, 0.05) is 13.0 Å². The molecule has 9 heteroatoms. The third-order valence-electron chi connectivity index (χ3n) is 5.78. The van der Waals surface area contributed by atoms with Crippen molar-refractivity contribution in [3.05, 3.63) is 90.6 Å². The Balaban J connectivity index is 1.56. The second-order valence-electron chi connectivity index (χ2n) is 8.08. The van der Waals surface area contributed by atoms with Crippen LogP contribution in [0.15, 0.2) is 79.4 Å². The Kier molecular flexibility index (Phi) is 6.81. The lowest BCUT2D eigenvalue weighted by Crippen LogP contribution is -2.55. The zero-order chi connectivity index (χ0) is 25.0. The number of carbonyl (C=O) groups is 2. The molecule has 1 fully saturated rings. The van der Waals surface area contributed by atoms with E-state index >= 15 is 0 Å². The lowest BCUT2D eigenvalue weighted by Gasteiger charge is -2.41. The Hall–Kier alpha value is -4.21. The molecule has 0 saturated carbocycles. The Morgan fingerprint density at radius 2 is 1.66 bits per heavy atom. The van der Waals surface area contributed by atoms with Crippen LogP contribution in [0.2, 0.25) is 0 Å². The normalized spacial score (nSPS) is 19.6. The van der Waals surface area contributed by atoms with Gasteiger partial charge in [-0.25, -0.2) is 4.98 Å². The molecule has 3 aromatic rings. The molecule has 0 aliphatic carbocycles. The van der Waals surface area contributed by atoms with E-state index in [9.17, 15) is 19.8 Å². The van der Waals surface area contributed by atoms with Gasteiger partial charge in [0.1, 0.15) is 34.5 Å². The van der Waals surface area contributed by atoms with Crippen molar-refractivity contribution in [3.8, 4) is 23.1 Å². The molecular formula is C26H25N3O6. The van der Waals surface area contributed by atoms with E-state index in [0.29, 0.717) is 17.2 Å². The summed E-state index contributed by atoms with van der Waals surface area (Å²) >= 11 is 0. The fourth-order valence-corrected chi connectivity index (χ4v) is 3.81. The van der Waals surface area contributed by atoms with Crippen molar-refractivity contribution in [1.82, 2.24) is 9.88 Å². The van der Waals surface area contributed by atoms with Gasteiger partial charge in [-0.3, -0.25) is 9.59 Å². The van der Waals surface area contributed by atoms with Gasteiger partial charge in [0.05, 0.1) is 12.2 Å². The van der Waals surface area contributed by atoms with Gasteiger partial charge >= 0.3 is 0 Å². The second-order valence-corrected chi connectivity index (χ2v) is 8.08. The number of aliphatic hydroxyl groups is 2. The first-order valence-corrected chi connectivity index (χ1v) is 10.9. The lowest BCUT2D eigenvalue weighted by molar-refractivity contribution is -0.148. The van der Waals surface area contributed by atoms with E-state index in [2.05, 4.69) is 11.6 Å². The third kappa shape index (κ3) is 5.16. The summed E-state index contributed by atoms with van der Waals surface area (Å²) in [5.41, 5.74) is 3.85. The zero-order valence-corrected chi connectivity index (χ0v) is 18.8. The number of likely N-dealkylation sites (tertiary alicyclic amines) is 1. The highest BCUT2D eigenvalue weighted by atomic mass is 16.5. The number of piperidine rings is 1. The molecule has 2 amide bonds. The van der Waals surface area contributed by atoms with Crippen LogP contribution in [0.4, 0.5) is 0 Å². The first kappa shape index (κ1) is 23.9. The summed E-state index contributed by atoms with van der Waals surface area (Å²) in [6.45, 7) is 3.54. The number of pyridine rings is 1. The van der Waals surface area contributed by atoms with Crippen LogP contribution < -0.4 is 15.2 Å². The van der Waals surface area contributed by atoms with E-state index in [1.165, 1.54) is 17.0 Å². The van der Waals surface area contributed by atoms with E-state index in [4.69, 9.17) is 15.2 Å². The maximum Gasteiger partial charge on any atom is 0.254 e. The highest BCUT2D eigenvalue weighted by molar-refractivity contribution is 5.95. The molecule has 1 aromatic heterocycles. The number of benzene rings is 2. The lowest BCUT2D eigenvalue weighted by atomic mass is 9.85. The molecule has 0 radical (unpaired) electrons. The second kappa shape index (κ2) is 9.96. The van der Waals surface area contributed by atoms with E-state index in [-0.39, 0.29) is 42.6 Å². The summed E-state index contributed by atoms with van der Waals surface area (Å²) in [5, 5.41) is 21.9. The summed E-state index contributed by atoms with van der Waals surface area (Å²) in [7, 11) is 0. The number of aromatic nitrogens is 1. The van der Waals surface area contributed by atoms with Gasteiger partial charge in [-0.05, 0) is 54.6 Å². The number of β-amino-alcohol motifs (C(OH)–C–C–N with tert-alkyl or cyclic N) is 1. The molecule has 0 bridgehead atoms.